The number of nitrogen functional groups attached to an aromatic ring is 1. The Morgan fingerprint density at radius 2 is 1.85 bits per heavy atom. The topological polar surface area (TPSA) is 93.9 Å². The second kappa shape index (κ2) is 12.7. The molecule has 0 unspecified atom stereocenters. The summed E-state index contributed by atoms with van der Waals surface area (Å²) in [6.07, 6.45) is 5.88. The summed E-state index contributed by atoms with van der Waals surface area (Å²) in [7, 11) is 4.28. The van der Waals surface area contributed by atoms with Gasteiger partial charge in [0.25, 0.3) is 0 Å². The third-order valence-corrected chi connectivity index (χ3v) is 7.58. The number of piperidine rings is 1. The Morgan fingerprint density at radius 1 is 1.12 bits per heavy atom. The summed E-state index contributed by atoms with van der Waals surface area (Å²) in [6.45, 7) is 13.9. The second-order valence-electron chi connectivity index (χ2n) is 10.1. The van der Waals surface area contributed by atoms with Crippen LogP contribution in [0.4, 0.5) is 10.7 Å². The van der Waals surface area contributed by atoms with Gasteiger partial charge in [-0.25, -0.2) is 14.8 Å². The summed E-state index contributed by atoms with van der Waals surface area (Å²) in [6, 6.07) is 0.709. The second-order valence-corrected chi connectivity index (χ2v) is 10.1. The van der Waals surface area contributed by atoms with Crippen molar-refractivity contribution in [3.05, 3.63) is 17.5 Å². The van der Waals surface area contributed by atoms with Crippen LogP contribution in [-0.4, -0.2) is 114 Å². The summed E-state index contributed by atoms with van der Waals surface area (Å²) < 4.78 is 0. The van der Waals surface area contributed by atoms with Crippen molar-refractivity contribution in [1.29, 1.82) is 0 Å². The van der Waals surface area contributed by atoms with E-state index in [4.69, 9.17) is 5.73 Å². The van der Waals surface area contributed by atoms with E-state index in [1.807, 2.05) is 11.1 Å². The number of nitrogens with two attached hydrogens (primary N) is 1. The van der Waals surface area contributed by atoms with Crippen LogP contribution in [0.3, 0.4) is 0 Å². The number of urea groups is 1. The molecule has 1 aromatic heterocycles. The molecule has 1 aliphatic carbocycles. The van der Waals surface area contributed by atoms with Crippen LogP contribution in [0.2, 0.25) is 0 Å². The normalized spacial score (nSPS) is 22.5. The molecule has 9 nitrogen and oxygen atoms in total. The first kappa shape index (κ1) is 26.6. The molecule has 34 heavy (non-hydrogen) atoms. The van der Waals surface area contributed by atoms with Crippen LogP contribution < -0.4 is 11.1 Å². The molecule has 2 amide bonds. The number of likely N-dealkylation sites (N-methyl/N-ethyl adjacent to an activating group) is 3. The van der Waals surface area contributed by atoms with Gasteiger partial charge < -0.3 is 25.8 Å². The Bertz CT molecular complexity index is 790. The molecule has 0 saturated carbocycles. The van der Waals surface area contributed by atoms with Gasteiger partial charge in [0.2, 0.25) is 5.95 Å². The molecule has 3 atom stereocenters. The SMILES string of the molecule is CCCN1C[C@@H](NC(=O)N(CC)CCN(C)CCN(C)CC)C[C@@H]2Cc3nc(N)ncc3C[C@H]21. The number of likely N-dealkylation sites (tertiary alicyclic amines) is 1. The third-order valence-electron chi connectivity index (χ3n) is 7.58. The monoisotopic (exact) mass is 474 g/mol. The number of aromatic nitrogens is 2. The number of rotatable bonds is 11. The van der Waals surface area contributed by atoms with E-state index in [9.17, 15) is 4.79 Å². The molecule has 2 heterocycles. The fourth-order valence-corrected chi connectivity index (χ4v) is 5.33. The van der Waals surface area contributed by atoms with E-state index in [-0.39, 0.29) is 12.1 Å². The molecule has 9 heteroatoms. The number of nitrogens with one attached hydrogen (secondary N) is 1. The predicted octanol–water partition coefficient (Wildman–Crippen LogP) is 1.54. The van der Waals surface area contributed by atoms with E-state index in [1.165, 1.54) is 5.56 Å². The highest BCUT2D eigenvalue weighted by molar-refractivity contribution is 5.74. The van der Waals surface area contributed by atoms with Crippen LogP contribution in [0.25, 0.3) is 0 Å². The number of hydrogen-bond donors (Lipinski definition) is 2. The summed E-state index contributed by atoms with van der Waals surface area (Å²) in [4.78, 5) is 31.0. The van der Waals surface area contributed by atoms with E-state index in [1.54, 1.807) is 0 Å². The first-order valence-electron chi connectivity index (χ1n) is 13.1. The number of fused-ring (bicyclic) bond motifs is 2. The third kappa shape index (κ3) is 7.02. The van der Waals surface area contributed by atoms with Gasteiger partial charge in [-0.05, 0) is 71.3 Å². The average Bonchev–Trinajstić information content (AvgIpc) is 2.81. The van der Waals surface area contributed by atoms with Crippen LogP contribution in [-0.2, 0) is 12.8 Å². The minimum Gasteiger partial charge on any atom is -0.368 e. The lowest BCUT2D eigenvalue weighted by Gasteiger charge is -2.47. The highest BCUT2D eigenvalue weighted by atomic mass is 16.2. The van der Waals surface area contributed by atoms with Crippen molar-refractivity contribution in [2.75, 3.05) is 72.2 Å². The molecule has 192 valence electrons. The van der Waals surface area contributed by atoms with E-state index < -0.39 is 0 Å². The molecule has 3 rings (SSSR count). The van der Waals surface area contributed by atoms with E-state index in [0.717, 1.165) is 83.7 Å². The summed E-state index contributed by atoms with van der Waals surface area (Å²) >= 11 is 0. The van der Waals surface area contributed by atoms with E-state index in [2.05, 4.69) is 64.9 Å². The van der Waals surface area contributed by atoms with Gasteiger partial charge >= 0.3 is 6.03 Å². The van der Waals surface area contributed by atoms with Crippen molar-refractivity contribution in [2.45, 2.75) is 58.5 Å². The minimum absolute atomic E-state index is 0.0595. The van der Waals surface area contributed by atoms with Crippen molar-refractivity contribution in [2.24, 2.45) is 5.92 Å². The van der Waals surface area contributed by atoms with Gasteiger partial charge in [-0.1, -0.05) is 13.8 Å². The van der Waals surface area contributed by atoms with Gasteiger partial charge in [-0.15, -0.1) is 0 Å². The average molecular weight is 475 g/mol. The Morgan fingerprint density at radius 3 is 2.56 bits per heavy atom. The number of nitrogens with zero attached hydrogens (tertiary/aromatic N) is 6. The lowest BCUT2D eigenvalue weighted by atomic mass is 9.76. The number of amides is 2. The lowest BCUT2D eigenvalue weighted by molar-refractivity contribution is 0.0624. The number of carbonyl (C=O) groups excluding carboxylic acids is 1. The van der Waals surface area contributed by atoms with Crippen molar-refractivity contribution < 1.29 is 4.79 Å². The predicted molar refractivity (Wildman–Crippen MR) is 138 cm³/mol. The quantitative estimate of drug-likeness (QED) is 0.502. The largest absolute Gasteiger partial charge is 0.368 e. The maximum atomic E-state index is 13.2. The van der Waals surface area contributed by atoms with Crippen molar-refractivity contribution >= 4 is 12.0 Å². The smallest absolute Gasteiger partial charge is 0.317 e. The van der Waals surface area contributed by atoms with Crippen LogP contribution >= 0.6 is 0 Å². The highest BCUT2D eigenvalue weighted by Crippen LogP contribution is 2.34. The van der Waals surface area contributed by atoms with Crippen molar-refractivity contribution in [1.82, 2.24) is 34.9 Å². The molecule has 0 aromatic carbocycles. The summed E-state index contributed by atoms with van der Waals surface area (Å²) in [5.74, 6) is 0.831. The van der Waals surface area contributed by atoms with Gasteiger partial charge in [0.15, 0.2) is 0 Å². The first-order valence-corrected chi connectivity index (χ1v) is 13.1. The summed E-state index contributed by atoms with van der Waals surface area (Å²) in [5, 5.41) is 3.37. The lowest BCUT2D eigenvalue weighted by Crippen LogP contribution is -2.59. The van der Waals surface area contributed by atoms with Crippen LogP contribution in [0, 0.1) is 5.92 Å². The molecule has 1 aromatic rings. The first-order chi connectivity index (χ1) is 16.3. The van der Waals surface area contributed by atoms with Crippen LogP contribution in [0.5, 0.6) is 0 Å². The molecule has 1 fully saturated rings. The van der Waals surface area contributed by atoms with Gasteiger partial charge in [0.05, 0.1) is 0 Å². The fourth-order valence-electron chi connectivity index (χ4n) is 5.33. The Kier molecular flexibility index (Phi) is 9.91. The molecule has 0 radical (unpaired) electrons. The maximum absolute atomic E-state index is 13.2. The molecule has 0 bridgehead atoms. The number of carbonyl (C=O) groups is 1. The van der Waals surface area contributed by atoms with Gasteiger partial charge in [0.1, 0.15) is 0 Å². The van der Waals surface area contributed by atoms with Gasteiger partial charge in [-0.3, -0.25) is 4.90 Å². The Labute approximate surface area is 206 Å². The zero-order chi connectivity index (χ0) is 24.7. The van der Waals surface area contributed by atoms with Crippen LogP contribution in [0.15, 0.2) is 6.20 Å². The maximum Gasteiger partial charge on any atom is 0.317 e. The molecular formula is C25H46N8O. The van der Waals surface area contributed by atoms with E-state index >= 15 is 0 Å². The van der Waals surface area contributed by atoms with Crippen molar-refractivity contribution in [3.8, 4) is 0 Å². The zero-order valence-corrected chi connectivity index (χ0v) is 22.0. The highest BCUT2D eigenvalue weighted by Gasteiger charge is 2.40. The number of anilines is 1. The van der Waals surface area contributed by atoms with Gasteiger partial charge in [0, 0.05) is 63.2 Å². The Hall–Kier alpha value is -1.97. The minimum atomic E-state index is 0.0595. The Balaban J connectivity index is 1.57. The molecule has 1 aliphatic heterocycles. The fraction of sp³-hybridized carbons (Fsp3) is 0.800. The standard InChI is InChI=1S/C25H46N8O/c1-6-9-33-18-21(14-19-15-22-20(16-23(19)33)17-27-24(26)29-22)28-25(34)32(8-3)13-12-31(5)11-10-30(4)7-2/h17,19,21,23H,6-16,18H2,1-5H3,(H,28,34)(H2,26,27,29)/t19-,21+,23-/m1/s1. The van der Waals surface area contributed by atoms with Crippen molar-refractivity contribution in [3.63, 3.8) is 0 Å². The molecule has 3 N–H and O–H groups in total. The summed E-state index contributed by atoms with van der Waals surface area (Å²) in [5.41, 5.74) is 8.17. The molecular weight excluding hydrogens is 428 g/mol. The van der Waals surface area contributed by atoms with Crippen LogP contribution in [0.1, 0.15) is 44.9 Å². The van der Waals surface area contributed by atoms with E-state index in [0.29, 0.717) is 17.9 Å². The van der Waals surface area contributed by atoms with Gasteiger partial charge in [-0.2, -0.15) is 0 Å². The number of hydrogen-bond acceptors (Lipinski definition) is 7. The molecule has 2 aliphatic rings. The molecule has 1 saturated heterocycles. The zero-order valence-electron chi connectivity index (χ0n) is 22.0. The molecule has 0 spiro atoms.